The molecule has 2 heterocycles. The molecule has 3 N–H and O–H groups in total. The maximum atomic E-state index is 14.4. The molecule has 1 aliphatic rings. The number of hydrogen-bond acceptors (Lipinski definition) is 8. The van der Waals surface area contributed by atoms with Crippen LogP contribution in [0.2, 0.25) is 0 Å². The average molecular weight is 466 g/mol. The van der Waals surface area contributed by atoms with E-state index in [0.29, 0.717) is 23.6 Å². The fraction of sp³-hybridized carbons (Fsp3) is 0.320. The number of aromatic hydroxyl groups is 1. The van der Waals surface area contributed by atoms with Crippen molar-refractivity contribution in [2.75, 3.05) is 57.1 Å². The van der Waals surface area contributed by atoms with Gasteiger partial charge in [0.1, 0.15) is 17.4 Å². The van der Waals surface area contributed by atoms with Crippen LogP contribution in [0.4, 0.5) is 16.2 Å². The maximum absolute atomic E-state index is 14.4. The Morgan fingerprint density at radius 1 is 1.18 bits per heavy atom. The van der Waals surface area contributed by atoms with Crippen molar-refractivity contribution >= 4 is 17.5 Å². The molecule has 0 bridgehead atoms. The summed E-state index contributed by atoms with van der Waals surface area (Å²) in [7, 11) is 1.91. The van der Waals surface area contributed by atoms with Crippen molar-refractivity contribution in [2.24, 2.45) is 0 Å². The van der Waals surface area contributed by atoms with Gasteiger partial charge in [-0.2, -0.15) is 4.98 Å². The third kappa shape index (κ3) is 5.32. The predicted molar refractivity (Wildman–Crippen MR) is 129 cm³/mol. The largest absolute Gasteiger partial charge is 0.507 e. The summed E-state index contributed by atoms with van der Waals surface area (Å²) in [5, 5.41) is 10.5. The highest BCUT2D eigenvalue weighted by Crippen LogP contribution is 2.32. The van der Waals surface area contributed by atoms with Crippen molar-refractivity contribution in [3.05, 3.63) is 65.0 Å². The summed E-state index contributed by atoms with van der Waals surface area (Å²) in [4.78, 5) is 25.8. The Morgan fingerprint density at radius 2 is 1.94 bits per heavy atom. The number of phenols is 1. The lowest BCUT2D eigenvalue weighted by molar-refractivity contribution is 0.0393. The summed E-state index contributed by atoms with van der Waals surface area (Å²) < 4.78 is 19.8. The minimum absolute atomic E-state index is 0.0343. The second kappa shape index (κ2) is 10.1. The number of phenolic OH excluding ortho intramolecular Hbond substituents is 1. The number of rotatable bonds is 7. The minimum Gasteiger partial charge on any atom is -0.507 e. The van der Waals surface area contributed by atoms with Gasteiger partial charge in [-0.05, 0) is 42.8 Å². The molecule has 3 aromatic rings. The van der Waals surface area contributed by atoms with Crippen LogP contribution in [0.3, 0.4) is 0 Å². The van der Waals surface area contributed by atoms with Gasteiger partial charge < -0.3 is 20.5 Å². The first kappa shape index (κ1) is 23.6. The maximum Gasteiger partial charge on any atom is 0.222 e. The predicted octanol–water partition coefficient (Wildman–Crippen LogP) is 2.88. The first-order valence-electron chi connectivity index (χ1n) is 11.1. The Balaban J connectivity index is 1.60. The van der Waals surface area contributed by atoms with Crippen LogP contribution in [0.15, 0.2) is 42.5 Å². The first-order valence-corrected chi connectivity index (χ1v) is 11.1. The van der Waals surface area contributed by atoms with E-state index >= 15 is 0 Å². The van der Waals surface area contributed by atoms with Crippen LogP contribution < -0.4 is 10.6 Å². The van der Waals surface area contributed by atoms with Crippen molar-refractivity contribution in [2.45, 2.75) is 6.92 Å². The fourth-order valence-corrected chi connectivity index (χ4v) is 3.86. The smallest absolute Gasteiger partial charge is 0.222 e. The van der Waals surface area contributed by atoms with Crippen LogP contribution in [0.5, 0.6) is 5.75 Å². The summed E-state index contributed by atoms with van der Waals surface area (Å²) in [5.74, 6) is -0.498. The molecule has 9 heteroatoms. The van der Waals surface area contributed by atoms with Gasteiger partial charge in [-0.15, -0.1) is 0 Å². The number of ether oxygens (including phenoxy) is 1. The van der Waals surface area contributed by atoms with Gasteiger partial charge >= 0.3 is 0 Å². The van der Waals surface area contributed by atoms with Gasteiger partial charge in [0.25, 0.3) is 0 Å². The van der Waals surface area contributed by atoms with Crippen molar-refractivity contribution < 1.29 is 19.0 Å². The molecular formula is C25H28FN5O3. The number of nitrogen functional groups attached to an aromatic ring is 1. The number of nitrogens with two attached hydrogens (primary N) is 1. The topological polar surface area (TPSA) is 105 Å². The highest BCUT2D eigenvalue weighted by molar-refractivity contribution is 6.10. The summed E-state index contributed by atoms with van der Waals surface area (Å²) in [6.45, 7) is 6.56. The van der Waals surface area contributed by atoms with E-state index in [1.54, 1.807) is 19.1 Å². The van der Waals surface area contributed by atoms with Crippen molar-refractivity contribution in [1.29, 1.82) is 0 Å². The van der Waals surface area contributed by atoms with E-state index in [9.17, 15) is 14.3 Å². The Morgan fingerprint density at radius 3 is 2.68 bits per heavy atom. The average Bonchev–Trinajstić information content (AvgIpc) is 2.82. The van der Waals surface area contributed by atoms with E-state index in [1.807, 2.05) is 11.9 Å². The lowest BCUT2D eigenvalue weighted by Gasteiger charge is -2.29. The van der Waals surface area contributed by atoms with Crippen LogP contribution in [0, 0.1) is 12.7 Å². The van der Waals surface area contributed by atoms with Gasteiger partial charge in [-0.1, -0.05) is 6.07 Å². The zero-order valence-corrected chi connectivity index (χ0v) is 19.3. The van der Waals surface area contributed by atoms with E-state index in [2.05, 4.69) is 14.9 Å². The molecule has 0 aliphatic carbocycles. The number of hydrogen-bond donors (Lipinski definition) is 2. The zero-order chi connectivity index (χ0) is 24.2. The van der Waals surface area contributed by atoms with Gasteiger partial charge in [-0.25, -0.2) is 9.37 Å². The van der Waals surface area contributed by atoms with Crippen molar-refractivity contribution in [1.82, 2.24) is 14.9 Å². The molecule has 1 fully saturated rings. The van der Waals surface area contributed by atoms with E-state index in [1.165, 1.54) is 30.3 Å². The molecule has 2 aromatic carbocycles. The summed E-state index contributed by atoms with van der Waals surface area (Å²) in [5.41, 5.74) is 7.58. The SMILES string of the molecule is Cc1ccc(C(=O)c2ccc(O)c(-c3cc(N(C)CCN4CCOCC4)nc(N)n3)c2)c(F)c1. The third-order valence-electron chi connectivity index (χ3n) is 5.88. The molecule has 178 valence electrons. The number of nitrogens with zero attached hydrogens (tertiary/aromatic N) is 4. The standard InChI is InChI=1S/C25H28FN5O3/c1-16-3-5-18(20(26)13-16)24(33)17-4-6-22(32)19(14-17)21-15-23(29-25(27)28-21)30(2)7-8-31-9-11-34-12-10-31/h3-6,13-15,32H,7-12H2,1-2H3,(H2,27,28,29). The number of carbonyl (C=O) groups is 1. The molecule has 0 amide bonds. The molecule has 34 heavy (non-hydrogen) atoms. The molecule has 1 aromatic heterocycles. The fourth-order valence-electron chi connectivity index (χ4n) is 3.86. The van der Waals surface area contributed by atoms with Crippen molar-refractivity contribution in [3.63, 3.8) is 0 Å². The summed E-state index contributed by atoms with van der Waals surface area (Å²) in [6.07, 6.45) is 0. The van der Waals surface area contributed by atoms with Crippen LogP contribution in [0.25, 0.3) is 11.3 Å². The number of morpholine rings is 1. The highest BCUT2D eigenvalue weighted by atomic mass is 19.1. The second-order valence-electron chi connectivity index (χ2n) is 8.39. The van der Waals surface area contributed by atoms with E-state index in [-0.39, 0.29) is 22.8 Å². The lowest BCUT2D eigenvalue weighted by atomic mass is 9.98. The third-order valence-corrected chi connectivity index (χ3v) is 5.88. The van der Waals surface area contributed by atoms with E-state index < -0.39 is 11.6 Å². The summed E-state index contributed by atoms with van der Waals surface area (Å²) >= 11 is 0. The number of aryl methyl sites for hydroxylation is 1. The molecule has 1 aliphatic heterocycles. The van der Waals surface area contributed by atoms with Gasteiger partial charge in [0.2, 0.25) is 5.95 Å². The monoisotopic (exact) mass is 465 g/mol. The zero-order valence-electron chi connectivity index (χ0n) is 19.3. The molecular weight excluding hydrogens is 437 g/mol. The molecule has 1 saturated heterocycles. The Labute approximate surface area is 197 Å². The van der Waals surface area contributed by atoms with E-state index in [4.69, 9.17) is 10.5 Å². The molecule has 0 radical (unpaired) electrons. The molecule has 4 rings (SSSR count). The van der Waals surface area contributed by atoms with Crippen LogP contribution in [-0.4, -0.2) is 72.2 Å². The quantitative estimate of drug-likeness (QED) is 0.514. The number of anilines is 2. The number of aromatic nitrogens is 2. The number of likely N-dealkylation sites (N-methyl/N-ethyl adjacent to an activating group) is 1. The molecule has 8 nitrogen and oxygen atoms in total. The number of halogens is 1. The lowest BCUT2D eigenvalue weighted by Crippen LogP contribution is -2.40. The first-order chi connectivity index (χ1) is 16.3. The molecule has 0 saturated carbocycles. The Kier molecular flexibility index (Phi) is 7.04. The van der Waals surface area contributed by atoms with Gasteiger partial charge in [0.15, 0.2) is 5.78 Å². The van der Waals surface area contributed by atoms with Gasteiger partial charge in [0, 0.05) is 50.4 Å². The number of carbonyl (C=O) groups excluding carboxylic acids is 1. The Hall–Kier alpha value is -3.56. The normalized spacial score (nSPS) is 14.2. The molecule has 0 unspecified atom stereocenters. The van der Waals surface area contributed by atoms with Gasteiger partial charge in [-0.3, -0.25) is 9.69 Å². The van der Waals surface area contributed by atoms with Crippen molar-refractivity contribution in [3.8, 4) is 17.0 Å². The van der Waals surface area contributed by atoms with Crippen LogP contribution in [0.1, 0.15) is 21.5 Å². The molecule has 0 spiro atoms. The molecule has 0 atom stereocenters. The Bertz CT molecular complexity index is 1200. The highest BCUT2D eigenvalue weighted by Gasteiger charge is 2.18. The van der Waals surface area contributed by atoms with Crippen LogP contribution in [-0.2, 0) is 4.74 Å². The van der Waals surface area contributed by atoms with Gasteiger partial charge in [0.05, 0.1) is 24.5 Å². The minimum atomic E-state index is -0.588. The van der Waals surface area contributed by atoms with E-state index in [0.717, 1.165) is 38.4 Å². The van der Waals surface area contributed by atoms with Crippen LogP contribution >= 0.6 is 0 Å². The summed E-state index contributed by atoms with van der Waals surface area (Å²) in [6, 6.07) is 10.5. The second-order valence-corrected chi connectivity index (χ2v) is 8.39. The number of benzene rings is 2. The number of ketones is 1.